The van der Waals surface area contributed by atoms with E-state index in [2.05, 4.69) is 15.9 Å². The largest absolute Gasteiger partial charge is 0.293 e. The molecule has 0 amide bonds. The van der Waals surface area contributed by atoms with Crippen LogP contribution >= 0.6 is 15.9 Å². The fourth-order valence-corrected chi connectivity index (χ4v) is 1.81. The Labute approximate surface area is 87.9 Å². The number of halogens is 1. The topological polar surface area (TPSA) is 34.1 Å². The van der Waals surface area contributed by atoms with E-state index >= 15 is 0 Å². The van der Waals surface area contributed by atoms with Crippen LogP contribution in [0.3, 0.4) is 0 Å². The average Bonchev–Trinajstić information content (AvgIpc) is 2.17. The second-order valence-electron chi connectivity index (χ2n) is 2.54. The van der Waals surface area contributed by atoms with Gasteiger partial charge in [-0.2, -0.15) is 0 Å². The molecule has 0 aromatic heterocycles. The summed E-state index contributed by atoms with van der Waals surface area (Å²) in [4.78, 5) is 11.9. The van der Waals surface area contributed by atoms with Gasteiger partial charge in [-0.3, -0.25) is 9.00 Å². The molecule has 1 aromatic carbocycles. The first-order valence-corrected chi connectivity index (χ1v) is 6.35. The number of hydrogen-bond acceptors (Lipinski definition) is 2. The maximum Gasteiger partial charge on any atom is 0.173 e. The van der Waals surface area contributed by atoms with Crippen LogP contribution in [0.15, 0.2) is 29.2 Å². The molecule has 0 heterocycles. The lowest BCUT2D eigenvalue weighted by Gasteiger charge is -1.99. The van der Waals surface area contributed by atoms with Crippen LogP contribution in [-0.4, -0.2) is 21.6 Å². The quantitative estimate of drug-likeness (QED) is 0.616. The number of benzene rings is 1. The molecule has 13 heavy (non-hydrogen) atoms. The Bertz CT molecular complexity index is 349. The van der Waals surface area contributed by atoms with Crippen LogP contribution in [0.25, 0.3) is 0 Å². The standard InChI is InChI=1S/C9H9BrO2S/c1-13(12)8-4-2-3-7(5-8)9(11)6-10/h2-5H,6H2,1H3. The minimum atomic E-state index is -1.03. The molecule has 0 bridgehead atoms. The molecule has 1 aromatic rings. The summed E-state index contributed by atoms with van der Waals surface area (Å²) in [6.07, 6.45) is 1.59. The van der Waals surface area contributed by atoms with Crippen molar-refractivity contribution in [3.05, 3.63) is 29.8 Å². The second-order valence-corrected chi connectivity index (χ2v) is 4.48. The first-order valence-electron chi connectivity index (χ1n) is 3.68. The molecule has 0 radical (unpaired) electrons. The maximum atomic E-state index is 11.2. The average molecular weight is 261 g/mol. The van der Waals surface area contributed by atoms with Crippen molar-refractivity contribution in [3.8, 4) is 0 Å². The van der Waals surface area contributed by atoms with Crippen LogP contribution in [0.4, 0.5) is 0 Å². The van der Waals surface area contributed by atoms with Crippen LogP contribution in [0.1, 0.15) is 10.4 Å². The highest BCUT2D eigenvalue weighted by Gasteiger charge is 2.05. The van der Waals surface area contributed by atoms with Crippen molar-refractivity contribution in [2.45, 2.75) is 4.90 Å². The molecular formula is C9H9BrO2S. The highest BCUT2D eigenvalue weighted by molar-refractivity contribution is 9.09. The van der Waals surface area contributed by atoms with Gasteiger partial charge in [0.1, 0.15) is 0 Å². The summed E-state index contributed by atoms with van der Waals surface area (Å²) in [5, 5.41) is 0.298. The van der Waals surface area contributed by atoms with Gasteiger partial charge in [-0.15, -0.1) is 0 Å². The molecule has 1 rings (SSSR count). The van der Waals surface area contributed by atoms with Crippen LogP contribution in [-0.2, 0) is 10.8 Å². The third kappa shape index (κ3) is 2.74. The first-order chi connectivity index (χ1) is 6.15. The molecule has 0 aliphatic heterocycles. The van der Waals surface area contributed by atoms with Crippen molar-refractivity contribution < 1.29 is 9.00 Å². The lowest BCUT2D eigenvalue weighted by Crippen LogP contribution is -2.00. The summed E-state index contributed by atoms with van der Waals surface area (Å²) in [6.45, 7) is 0. The zero-order chi connectivity index (χ0) is 9.84. The number of carbonyl (C=O) groups is 1. The van der Waals surface area contributed by atoms with E-state index in [-0.39, 0.29) is 5.78 Å². The van der Waals surface area contributed by atoms with Gasteiger partial charge in [0.2, 0.25) is 0 Å². The predicted molar refractivity (Wildman–Crippen MR) is 56.9 cm³/mol. The van der Waals surface area contributed by atoms with E-state index in [1.807, 2.05) is 0 Å². The number of alkyl halides is 1. The number of rotatable bonds is 3. The fraction of sp³-hybridized carbons (Fsp3) is 0.222. The Morgan fingerprint density at radius 2 is 2.23 bits per heavy atom. The molecule has 0 aliphatic rings. The van der Waals surface area contributed by atoms with Gasteiger partial charge in [0.05, 0.1) is 5.33 Å². The minimum Gasteiger partial charge on any atom is -0.293 e. The Balaban J connectivity index is 3.05. The van der Waals surface area contributed by atoms with E-state index < -0.39 is 10.8 Å². The van der Waals surface area contributed by atoms with Crippen LogP contribution in [0.2, 0.25) is 0 Å². The molecular weight excluding hydrogens is 252 g/mol. The summed E-state index contributed by atoms with van der Waals surface area (Å²) in [6, 6.07) is 6.88. The van der Waals surface area contributed by atoms with Crippen molar-refractivity contribution in [2.24, 2.45) is 0 Å². The first kappa shape index (κ1) is 10.6. The van der Waals surface area contributed by atoms with Gasteiger partial charge in [0, 0.05) is 27.5 Å². The second kappa shape index (κ2) is 4.67. The van der Waals surface area contributed by atoms with E-state index in [4.69, 9.17) is 0 Å². The molecule has 0 N–H and O–H groups in total. The molecule has 0 saturated heterocycles. The van der Waals surface area contributed by atoms with Crippen LogP contribution < -0.4 is 0 Å². The van der Waals surface area contributed by atoms with E-state index in [0.29, 0.717) is 15.8 Å². The zero-order valence-electron chi connectivity index (χ0n) is 7.12. The Morgan fingerprint density at radius 3 is 2.77 bits per heavy atom. The Kier molecular flexibility index (Phi) is 3.81. The third-order valence-electron chi connectivity index (χ3n) is 1.61. The zero-order valence-corrected chi connectivity index (χ0v) is 9.52. The molecule has 0 spiro atoms. The van der Waals surface area contributed by atoms with Gasteiger partial charge in [-0.05, 0) is 12.1 Å². The minimum absolute atomic E-state index is 0.00676. The maximum absolute atomic E-state index is 11.2. The van der Waals surface area contributed by atoms with Crippen molar-refractivity contribution in [3.63, 3.8) is 0 Å². The third-order valence-corrected chi connectivity index (χ3v) is 3.04. The smallest absolute Gasteiger partial charge is 0.173 e. The number of carbonyl (C=O) groups excluding carboxylic acids is 1. The lowest BCUT2D eigenvalue weighted by atomic mass is 10.2. The molecule has 1 unspecified atom stereocenters. The van der Waals surface area contributed by atoms with E-state index in [0.717, 1.165) is 0 Å². The van der Waals surface area contributed by atoms with Gasteiger partial charge in [0.25, 0.3) is 0 Å². The molecule has 0 aliphatic carbocycles. The number of Topliss-reactive ketones (excluding diaryl/α,β-unsaturated/α-hetero) is 1. The van der Waals surface area contributed by atoms with E-state index in [1.165, 1.54) is 0 Å². The summed E-state index contributed by atoms with van der Waals surface area (Å²) in [5.74, 6) is 0.00676. The molecule has 70 valence electrons. The van der Waals surface area contributed by atoms with E-state index in [9.17, 15) is 9.00 Å². The van der Waals surface area contributed by atoms with E-state index in [1.54, 1.807) is 30.5 Å². The highest BCUT2D eigenvalue weighted by atomic mass is 79.9. The SMILES string of the molecule is CS(=O)c1cccc(C(=O)CBr)c1. The highest BCUT2D eigenvalue weighted by Crippen LogP contribution is 2.09. The number of ketones is 1. The summed E-state index contributed by atoms with van der Waals surface area (Å²) in [7, 11) is -1.03. The van der Waals surface area contributed by atoms with Crippen molar-refractivity contribution in [1.82, 2.24) is 0 Å². The Hall–Kier alpha value is -0.480. The van der Waals surface area contributed by atoms with Crippen molar-refractivity contribution >= 4 is 32.5 Å². The van der Waals surface area contributed by atoms with Crippen molar-refractivity contribution in [2.75, 3.05) is 11.6 Å². The summed E-state index contributed by atoms with van der Waals surface area (Å²) < 4.78 is 11.1. The van der Waals surface area contributed by atoms with Crippen LogP contribution in [0.5, 0.6) is 0 Å². The normalized spacial score (nSPS) is 12.5. The summed E-state index contributed by atoms with van der Waals surface area (Å²) in [5.41, 5.74) is 0.601. The molecule has 2 nitrogen and oxygen atoms in total. The molecule has 4 heteroatoms. The van der Waals surface area contributed by atoms with Gasteiger partial charge >= 0.3 is 0 Å². The Morgan fingerprint density at radius 1 is 1.54 bits per heavy atom. The number of hydrogen-bond donors (Lipinski definition) is 0. The van der Waals surface area contributed by atoms with Gasteiger partial charge in [-0.1, -0.05) is 28.1 Å². The molecule has 0 saturated carbocycles. The monoisotopic (exact) mass is 260 g/mol. The molecule has 1 atom stereocenters. The van der Waals surface area contributed by atoms with Gasteiger partial charge < -0.3 is 0 Å². The van der Waals surface area contributed by atoms with Crippen LogP contribution in [0, 0.1) is 0 Å². The summed E-state index contributed by atoms with van der Waals surface area (Å²) >= 11 is 3.09. The predicted octanol–water partition coefficient (Wildman–Crippen LogP) is 2.00. The fourth-order valence-electron chi connectivity index (χ4n) is 0.926. The molecule has 0 fully saturated rings. The van der Waals surface area contributed by atoms with Gasteiger partial charge in [0.15, 0.2) is 5.78 Å². The lowest BCUT2D eigenvalue weighted by molar-refractivity contribution is 0.102. The van der Waals surface area contributed by atoms with Gasteiger partial charge in [-0.25, -0.2) is 0 Å². The van der Waals surface area contributed by atoms with Crippen molar-refractivity contribution in [1.29, 1.82) is 0 Å².